The molecular formula is C17H26N2O. The molecule has 1 aromatic carbocycles. The number of hydrogen-bond acceptors (Lipinski definition) is 2. The van der Waals surface area contributed by atoms with Gasteiger partial charge in [-0.05, 0) is 24.0 Å². The van der Waals surface area contributed by atoms with Crippen LogP contribution >= 0.6 is 0 Å². The van der Waals surface area contributed by atoms with Gasteiger partial charge in [0.15, 0.2) is 0 Å². The van der Waals surface area contributed by atoms with E-state index in [9.17, 15) is 4.79 Å². The van der Waals surface area contributed by atoms with Gasteiger partial charge in [-0.3, -0.25) is 4.79 Å². The minimum atomic E-state index is 0.199. The van der Waals surface area contributed by atoms with Crippen LogP contribution in [0.4, 0.5) is 5.69 Å². The van der Waals surface area contributed by atoms with Gasteiger partial charge in [-0.15, -0.1) is 0 Å². The van der Waals surface area contributed by atoms with Crippen molar-refractivity contribution in [3.63, 3.8) is 0 Å². The normalized spacial score (nSPS) is 16.7. The van der Waals surface area contributed by atoms with Gasteiger partial charge >= 0.3 is 0 Å². The first-order chi connectivity index (χ1) is 9.76. The highest BCUT2D eigenvalue weighted by Crippen LogP contribution is 2.25. The molecule has 1 aliphatic rings. The number of amides is 1. The molecule has 0 aromatic heterocycles. The summed E-state index contributed by atoms with van der Waals surface area (Å²) in [4.78, 5) is 14.4. The molecule has 1 N–H and O–H groups in total. The second-order valence-electron chi connectivity index (χ2n) is 5.65. The van der Waals surface area contributed by atoms with Crippen molar-refractivity contribution < 1.29 is 4.79 Å². The van der Waals surface area contributed by atoms with Crippen LogP contribution in [0.25, 0.3) is 0 Å². The summed E-state index contributed by atoms with van der Waals surface area (Å²) in [7, 11) is 0. The zero-order chi connectivity index (χ0) is 14.4. The van der Waals surface area contributed by atoms with E-state index in [1.165, 1.54) is 24.8 Å². The highest BCUT2D eigenvalue weighted by Gasteiger charge is 2.23. The first-order valence-electron chi connectivity index (χ1n) is 7.85. The monoisotopic (exact) mass is 274 g/mol. The van der Waals surface area contributed by atoms with Crippen molar-refractivity contribution in [1.82, 2.24) is 5.32 Å². The molecule has 1 aromatic rings. The van der Waals surface area contributed by atoms with Crippen LogP contribution < -0.4 is 10.2 Å². The molecule has 0 spiro atoms. The van der Waals surface area contributed by atoms with Crippen LogP contribution in [0.1, 0.15) is 45.1 Å². The van der Waals surface area contributed by atoms with Crippen LogP contribution in [-0.4, -0.2) is 19.0 Å². The van der Waals surface area contributed by atoms with Crippen LogP contribution in [0.15, 0.2) is 24.3 Å². The average Bonchev–Trinajstić information content (AvgIpc) is 2.63. The lowest BCUT2D eigenvalue weighted by molar-refractivity contribution is -0.117. The molecule has 1 heterocycles. The first-order valence-corrected chi connectivity index (χ1v) is 7.85. The minimum Gasteiger partial charge on any atom is -0.311 e. The summed E-state index contributed by atoms with van der Waals surface area (Å²) in [6.45, 7) is 6.53. The molecular weight excluding hydrogens is 248 g/mol. The zero-order valence-electron chi connectivity index (χ0n) is 12.7. The molecule has 0 radical (unpaired) electrons. The molecule has 0 aliphatic carbocycles. The molecule has 3 nitrogen and oxygen atoms in total. The minimum absolute atomic E-state index is 0.199. The molecule has 1 amide bonds. The first kappa shape index (κ1) is 15.0. The number of carbonyl (C=O) groups is 1. The number of carbonyl (C=O) groups excluding carboxylic acids is 1. The second-order valence-corrected chi connectivity index (χ2v) is 5.65. The van der Waals surface area contributed by atoms with Gasteiger partial charge in [-0.2, -0.15) is 0 Å². The van der Waals surface area contributed by atoms with Crippen molar-refractivity contribution in [2.75, 3.05) is 18.0 Å². The van der Waals surface area contributed by atoms with Crippen molar-refractivity contribution in [2.45, 2.75) is 46.1 Å². The molecule has 1 unspecified atom stereocenters. The van der Waals surface area contributed by atoms with E-state index in [2.05, 4.69) is 31.3 Å². The van der Waals surface area contributed by atoms with Crippen LogP contribution in [0.3, 0.4) is 0 Å². The Balaban J connectivity index is 2.17. The van der Waals surface area contributed by atoms with E-state index < -0.39 is 0 Å². The van der Waals surface area contributed by atoms with E-state index in [0.717, 1.165) is 25.2 Å². The zero-order valence-corrected chi connectivity index (χ0v) is 12.7. The van der Waals surface area contributed by atoms with Gasteiger partial charge in [-0.1, -0.05) is 51.3 Å². The number of anilines is 1. The number of unbranched alkanes of at least 4 members (excludes halogenated alkanes) is 1. The summed E-state index contributed by atoms with van der Waals surface area (Å²) < 4.78 is 0. The maximum Gasteiger partial charge on any atom is 0.240 e. The molecule has 0 fully saturated rings. The van der Waals surface area contributed by atoms with Crippen molar-refractivity contribution >= 4 is 11.6 Å². The number of hydrogen-bond donors (Lipinski definition) is 1. The SMILES string of the molecule is CCCCC(CC)CN1C(=O)CNCc2ccccc21. The Bertz CT molecular complexity index is 444. The Morgan fingerprint density at radius 1 is 1.25 bits per heavy atom. The lowest BCUT2D eigenvalue weighted by Gasteiger charge is -2.27. The molecule has 1 atom stereocenters. The number of nitrogens with zero attached hydrogens (tertiary/aromatic N) is 1. The van der Waals surface area contributed by atoms with E-state index >= 15 is 0 Å². The summed E-state index contributed by atoms with van der Waals surface area (Å²) in [5.74, 6) is 0.801. The van der Waals surface area contributed by atoms with Crippen molar-refractivity contribution in [3.8, 4) is 0 Å². The maximum absolute atomic E-state index is 12.4. The molecule has 0 saturated heterocycles. The summed E-state index contributed by atoms with van der Waals surface area (Å²) in [6, 6.07) is 8.26. The summed E-state index contributed by atoms with van der Waals surface area (Å²) in [5.41, 5.74) is 2.32. The van der Waals surface area contributed by atoms with E-state index in [1.807, 2.05) is 17.0 Å². The predicted molar refractivity (Wildman–Crippen MR) is 83.8 cm³/mol. The average molecular weight is 274 g/mol. The Morgan fingerprint density at radius 3 is 2.80 bits per heavy atom. The van der Waals surface area contributed by atoms with E-state index in [0.29, 0.717) is 12.5 Å². The topological polar surface area (TPSA) is 32.3 Å². The lowest BCUT2D eigenvalue weighted by atomic mass is 9.98. The van der Waals surface area contributed by atoms with Crippen LogP contribution in [0, 0.1) is 5.92 Å². The second kappa shape index (κ2) is 7.44. The van der Waals surface area contributed by atoms with Crippen LogP contribution in [0.5, 0.6) is 0 Å². The standard InChI is InChI=1S/C17H26N2O/c1-3-5-8-14(4-2)13-19-16-10-7-6-9-15(16)11-18-12-17(19)20/h6-7,9-10,14,18H,3-5,8,11-13H2,1-2H3. The maximum atomic E-state index is 12.4. The molecule has 1 aliphatic heterocycles. The Hall–Kier alpha value is -1.35. The number of nitrogens with one attached hydrogen (secondary N) is 1. The van der Waals surface area contributed by atoms with Crippen LogP contribution in [-0.2, 0) is 11.3 Å². The van der Waals surface area contributed by atoms with Gasteiger partial charge in [0, 0.05) is 18.8 Å². The molecule has 0 saturated carbocycles. The third-order valence-corrected chi connectivity index (χ3v) is 4.16. The molecule has 3 heteroatoms. The Labute approximate surface area is 122 Å². The third kappa shape index (κ3) is 3.60. The fraction of sp³-hybridized carbons (Fsp3) is 0.588. The van der Waals surface area contributed by atoms with E-state index in [1.54, 1.807) is 0 Å². The molecule has 110 valence electrons. The predicted octanol–water partition coefficient (Wildman–Crippen LogP) is 3.34. The highest BCUT2D eigenvalue weighted by molar-refractivity contribution is 5.96. The van der Waals surface area contributed by atoms with Gasteiger partial charge in [0.25, 0.3) is 0 Å². The van der Waals surface area contributed by atoms with Gasteiger partial charge in [0.1, 0.15) is 0 Å². The summed E-state index contributed by atoms with van der Waals surface area (Å²) in [5, 5.41) is 3.23. The highest BCUT2D eigenvalue weighted by atomic mass is 16.2. The molecule has 20 heavy (non-hydrogen) atoms. The van der Waals surface area contributed by atoms with E-state index in [-0.39, 0.29) is 5.91 Å². The largest absolute Gasteiger partial charge is 0.311 e. The van der Waals surface area contributed by atoms with Crippen molar-refractivity contribution in [1.29, 1.82) is 0 Å². The Kier molecular flexibility index (Phi) is 5.60. The number of para-hydroxylation sites is 1. The molecule has 2 rings (SSSR count). The van der Waals surface area contributed by atoms with Gasteiger partial charge in [0.05, 0.1) is 6.54 Å². The fourth-order valence-corrected chi connectivity index (χ4v) is 2.83. The summed E-state index contributed by atoms with van der Waals surface area (Å²) in [6.07, 6.45) is 4.83. The van der Waals surface area contributed by atoms with Gasteiger partial charge < -0.3 is 10.2 Å². The molecule has 0 bridgehead atoms. The fourth-order valence-electron chi connectivity index (χ4n) is 2.83. The summed E-state index contributed by atoms with van der Waals surface area (Å²) >= 11 is 0. The van der Waals surface area contributed by atoms with E-state index in [4.69, 9.17) is 0 Å². The smallest absolute Gasteiger partial charge is 0.240 e. The quantitative estimate of drug-likeness (QED) is 0.863. The van der Waals surface area contributed by atoms with Gasteiger partial charge in [-0.25, -0.2) is 0 Å². The van der Waals surface area contributed by atoms with Gasteiger partial charge in [0.2, 0.25) is 5.91 Å². The van der Waals surface area contributed by atoms with Crippen molar-refractivity contribution in [2.24, 2.45) is 5.92 Å². The Morgan fingerprint density at radius 2 is 2.05 bits per heavy atom. The number of fused-ring (bicyclic) bond motifs is 1. The third-order valence-electron chi connectivity index (χ3n) is 4.16. The number of rotatable bonds is 6. The van der Waals surface area contributed by atoms with Crippen LogP contribution in [0.2, 0.25) is 0 Å². The van der Waals surface area contributed by atoms with Crippen molar-refractivity contribution in [3.05, 3.63) is 29.8 Å². The lowest BCUT2D eigenvalue weighted by Crippen LogP contribution is -2.38. The number of benzene rings is 1.